The van der Waals surface area contributed by atoms with E-state index in [4.69, 9.17) is 21.1 Å². The molecule has 206 valence electrons. The smallest absolute Gasteiger partial charge is 0.416 e. The van der Waals surface area contributed by atoms with Gasteiger partial charge < -0.3 is 9.47 Å². The van der Waals surface area contributed by atoms with Crippen molar-refractivity contribution in [3.63, 3.8) is 0 Å². The van der Waals surface area contributed by atoms with Crippen LogP contribution in [0, 0.1) is 10.1 Å². The number of imide groups is 2. The van der Waals surface area contributed by atoms with Crippen molar-refractivity contribution in [2.75, 3.05) is 12.0 Å². The van der Waals surface area contributed by atoms with Crippen molar-refractivity contribution in [3.05, 3.63) is 90.9 Å². The van der Waals surface area contributed by atoms with Crippen LogP contribution in [0.25, 0.3) is 6.08 Å². The Balaban J connectivity index is 1.72. The van der Waals surface area contributed by atoms with Gasteiger partial charge in [0.15, 0.2) is 11.5 Å². The maximum atomic E-state index is 13.1. The summed E-state index contributed by atoms with van der Waals surface area (Å²) in [6.45, 7) is 0. The van der Waals surface area contributed by atoms with Crippen LogP contribution in [-0.4, -0.2) is 29.9 Å². The number of carbonyl (C=O) groups excluding carboxylic acids is 3. The van der Waals surface area contributed by atoms with Crippen LogP contribution in [0.1, 0.15) is 11.1 Å². The Morgan fingerprint density at radius 2 is 1.80 bits per heavy atom. The summed E-state index contributed by atoms with van der Waals surface area (Å²) < 4.78 is 50.1. The minimum Gasteiger partial charge on any atom is -0.493 e. The predicted octanol–water partition coefficient (Wildman–Crippen LogP) is 6.50. The molecule has 4 amide bonds. The van der Waals surface area contributed by atoms with E-state index in [1.165, 1.54) is 49.6 Å². The number of nitro groups is 1. The van der Waals surface area contributed by atoms with Crippen LogP contribution in [0.2, 0.25) is 5.02 Å². The number of hydrogen-bond acceptors (Lipinski definition) is 7. The molecule has 0 aliphatic carbocycles. The molecule has 0 atom stereocenters. The van der Waals surface area contributed by atoms with Crippen LogP contribution in [0.5, 0.6) is 17.2 Å². The second-order valence-corrected chi connectivity index (χ2v) is 9.30. The molecule has 3 aromatic carbocycles. The topological polar surface area (TPSA) is 128 Å². The zero-order chi connectivity index (χ0) is 29.4. The van der Waals surface area contributed by atoms with Gasteiger partial charge in [0.25, 0.3) is 11.8 Å². The van der Waals surface area contributed by atoms with Gasteiger partial charge in [-0.15, -0.1) is 0 Å². The fraction of sp³-hybridized carbons (Fsp3) is 0.0800. The van der Waals surface area contributed by atoms with Crippen LogP contribution in [-0.2, 0) is 15.8 Å². The average molecular weight is 641 g/mol. The van der Waals surface area contributed by atoms with Crippen LogP contribution >= 0.6 is 27.5 Å². The van der Waals surface area contributed by atoms with Crippen molar-refractivity contribution in [2.24, 2.45) is 0 Å². The predicted molar refractivity (Wildman–Crippen MR) is 139 cm³/mol. The average Bonchev–Trinajstić information content (AvgIpc) is 2.87. The third-order valence-electron chi connectivity index (χ3n) is 5.43. The number of nitrogens with one attached hydrogen (secondary N) is 1. The van der Waals surface area contributed by atoms with Gasteiger partial charge in [-0.3, -0.25) is 25.0 Å². The molecule has 15 heteroatoms. The van der Waals surface area contributed by atoms with Crippen LogP contribution in [0.3, 0.4) is 0 Å². The van der Waals surface area contributed by atoms with Gasteiger partial charge >= 0.3 is 17.9 Å². The highest BCUT2D eigenvalue weighted by Crippen LogP contribution is 2.44. The fourth-order valence-electron chi connectivity index (χ4n) is 3.63. The lowest BCUT2D eigenvalue weighted by atomic mass is 10.1. The molecule has 0 bridgehead atoms. The second-order valence-electron chi connectivity index (χ2n) is 8.01. The maximum absolute atomic E-state index is 13.1. The van der Waals surface area contributed by atoms with Crippen molar-refractivity contribution in [1.82, 2.24) is 5.32 Å². The monoisotopic (exact) mass is 639 g/mol. The molecular formula is C25H14BrClF3N3O7. The van der Waals surface area contributed by atoms with Gasteiger partial charge in [-0.1, -0.05) is 17.7 Å². The van der Waals surface area contributed by atoms with E-state index in [0.29, 0.717) is 12.1 Å². The minimum absolute atomic E-state index is 0.0538. The highest BCUT2D eigenvalue weighted by molar-refractivity contribution is 9.10. The van der Waals surface area contributed by atoms with Gasteiger partial charge in [0.1, 0.15) is 5.57 Å². The third-order valence-corrected chi connectivity index (χ3v) is 6.25. The number of urea groups is 1. The highest BCUT2D eigenvalue weighted by atomic mass is 79.9. The Bertz CT molecular complexity index is 1610. The summed E-state index contributed by atoms with van der Waals surface area (Å²) in [6, 6.07) is 9.32. The number of nitrogens with zero attached hydrogens (tertiary/aromatic N) is 2. The van der Waals surface area contributed by atoms with Gasteiger partial charge in [-0.05, 0) is 70.0 Å². The summed E-state index contributed by atoms with van der Waals surface area (Å²) in [5, 5.41) is 13.8. The molecule has 1 saturated heterocycles. The number of alkyl halides is 3. The zero-order valence-corrected chi connectivity index (χ0v) is 22.3. The molecular weight excluding hydrogens is 627 g/mol. The Morgan fingerprint density at radius 1 is 1.07 bits per heavy atom. The van der Waals surface area contributed by atoms with E-state index in [9.17, 15) is 37.7 Å². The number of barbiturate groups is 1. The summed E-state index contributed by atoms with van der Waals surface area (Å²) in [7, 11) is 1.23. The summed E-state index contributed by atoms with van der Waals surface area (Å²) in [4.78, 5) is 49.2. The van der Waals surface area contributed by atoms with Crippen molar-refractivity contribution < 1.29 is 42.0 Å². The first-order chi connectivity index (χ1) is 18.8. The lowest BCUT2D eigenvalue weighted by molar-refractivity contribution is -0.385. The molecule has 10 nitrogen and oxygen atoms in total. The van der Waals surface area contributed by atoms with E-state index < -0.39 is 51.5 Å². The van der Waals surface area contributed by atoms with Crippen molar-refractivity contribution in [3.8, 4) is 17.2 Å². The van der Waals surface area contributed by atoms with Gasteiger partial charge in [0.2, 0.25) is 5.75 Å². The van der Waals surface area contributed by atoms with Gasteiger partial charge in [-0.2, -0.15) is 13.2 Å². The number of benzene rings is 3. The number of rotatable bonds is 6. The minimum atomic E-state index is -4.81. The van der Waals surface area contributed by atoms with E-state index in [0.717, 1.165) is 11.0 Å². The first-order valence-corrected chi connectivity index (χ1v) is 12.0. The molecule has 0 radical (unpaired) electrons. The van der Waals surface area contributed by atoms with Crippen LogP contribution in [0.15, 0.2) is 64.6 Å². The largest absolute Gasteiger partial charge is 0.493 e. The zero-order valence-electron chi connectivity index (χ0n) is 19.9. The van der Waals surface area contributed by atoms with Crippen molar-refractivity contribution >= 4 is 62.8 Å². The third kappa shape index (κ3) is 5.77. The van der Waals surface area contributed by atoms with Crippen LogP contribution < -0.4 is 19.7 Å². The van der Waals surface area contributed by atoms with E-state index in [-0.39, 0.29) is 32.2 Å². The summed E-state index contributed by atoms with van der Waals surface area (Å²) in [5.41, 5.74) is -2.27. The first-order valence-electron chi connectivity index (χ1n) is 10.9. The molecule has 0 unspecified atom stereocenters. The summed E-state index contributed by atoms with van der Waals surface area (Å²) >= 11 is 9.18. The number of amides is 4. The Kier molecular flexibility index (Phi) is 7.84. The number of anilines is 1. The number of methoxy groups -OCH3 is 1. The van der Waals surface area contributed by atoms with Crippen LogP contribution in [0.4, 0.5) is 29.3 Å². The molecule has 40 heavy (non-hydrogen) atoms. The molecule has 0 saturated carbocycles. The number of ether oxygens (including phenoxy) is 2. The van der Waals surface area contributed by atoms with Crippen molar-refractivity contribution in [1.29, 1.82) is 0 Å². The molecule has 1 heterocycles. The second kappa shape index (κ2) is 11.0. The highest BCUT2D eigenvalue weighted by Gasteiger charge is 2.37. The van der Waals surface area contributed by atoms with Gasteiger partial charge in [0, 0.05) is 11.1 Å². The van der Waals surface area contributed by atoms with E-state index >= 15 is 0 Å². The molecule has 0 spiro atoms. The summed E-state index contributed by atoms with van der Waals surface area (Å²) in [6.07, 6.45) is -3.65. The lowest BCUT2D eigenvalue weighted by Crippen LogP contribution is -2.54. The number of carbonyl (C=O) groups is 3. The molecule has 3 aromatic rings. The Labute approximate surface area is 236 Å². The quantitative estimate of drug-likeness (QED) is 0.141. The van der Waals surface area contributed by atoms with Gasteiger partial charge in [0.05, 0.1) is 27.8 Å². The Morgan fingerprint density at radius 3 is 2.42 bits per heavy atom. The number of nitro benzene ring substituents is 1. The molecule has 4 rings (SSSR count). The Hall–Kier alpha value is -4.43. The SMILES string of the molecule is COc1cc(/C=C2\C(=O)NC(=O)N(c3cccc(Cl)c3)C2=O)cc(Br)c1Oc1ccc(C(F)(F)F)cc1[N+](=O)[O-]. The first kappa shape index (κ1) is 28.6. The molecule has 1 aliphatic rings. The maximum Gasteiger partial charge on any atom is 0.416 e. The van der Waals surface area contributed by atoms with Crippen molar-refractivity contribution in [2.45, 2.75) is 6.18 Å². The fourth-order valence-corrected chi connectivity index (χ4v) is 4.35. The standard InChI is InChI=1S/C25H14BrClF3N3O7/c1-39-20-9-12(7-16-22(34)31-24(36)32(23(16)35)15-4-2-3-14(27)11-15)8-17(26)21(20)40-19-6-5-13(25(28,29)30)10-18(19)33(37)38/h2-11H,1H3,(H,31,34,36)/b16-7+. The van der Waals surface area contributed by atoms with E-state index in [2.05, 4.69) is 21.2 Å². The molecule has 0 aromatic heterocycles. The van der Waals surface area contributed by atoms with E-state index in [1.807, 2.05) is 0 Å². The molecule has 1 fully saturated rings. The van der Waals surface area contributed by atoms with E-state index in [1.54, 1.807) is 0 Å². The normalized spacial score (nSPS) is 14.8. The molecule has 1 aliphatic heterocycles. The lowest BCUT2D eigenvalue weighted by Gasteiger charge is -2.26. The number of hydrogen-bond donors (Lipinski definition) is 1. The summed E-state index contributed by atoms with van der Waals surface area (Å²) in [5.74, 6) is -2.60. The molecule has 1 N–H and O–H groups in total. The van der Waals surface area contributed by atoms with Gasteiger partial charge in [-0.25, -0.2) is 9.69 Å². The number of halogens is 5.